The fourth-order valence-corrected chi connectivity index (χ4v) is 5.56. The van der Waals surface area contributed by atoms with Crippen LogP contribution >= 0.6 is 0 Å². The van der Waals surface area contributed by atoms with Gasteiger partial charge >= 0.3 is 5.97 Å². The fraction of sp³-hybridized carbons (Fsp3) is 0.619. The standard InChI is InChI=1S/C21H37NO3Si2/c1-16(23)22(26(8,9)20(2,3)4)18-14-12-17(13-15-18)19(24)25-27(10,11)21(5,6)7/h12-15H,1-11H3. The number of carbonyl (C=O) groups is 2. The number of rotatable bonds is 4. The third-order valence-electron chi connectivity index (χ3n) is 6.22. The van der Waals surface area contributed by atoms with Crippen LogP contribution in [0.4, 0.5) is 5.69 Å². The molecule has 4 nitrogen and oxygen atoms in total. The van der Waals surface area contributed by atoms with Crippen molar-refractivity contribution in [3.8, 4) is 0 Å². The van der Waals surface area contributed by atoms with Gasteiger partial charge in [-0.1, -0.05) is 54.6 Å². The number of carbonyl (C=O) groups excluding carboxylic acids is 2. The normalized spacial score (nSPS) is 13.3. The van der Waals surface area contributed by atoms with Crippen molar-refractivity contribution in [2.75, 3.05) is 4.57 Å². The minimum Gasteiger partial charge on any atom is -0.516 e. The largest absolute Gasteiger partial charge is 0.516 e. The van der Waals surface area contributed by atoms with Crippen LogP contribution in [0.3, 0.4) is 0 Å². The fourth-order valence-electron chi connectivity index (χ4n) is 2.42. The number of hydrogen-bond acceptors (Lipinski definition) is 3. The van der Waals surface area contributed by atoms with Crippen molar-refractivity contribution in [1.29, 1.82) is 0 Å². The molecule has 1 aromatic rings. The van der Waals surface area contributed by atoms with Crippen LogP contribution in [0.15, 0.2) is 24.3 Å². The summed E-state index contributed by atoms with van der Waals surface area (Å²) in [5.74, 6) is -0.243. The van der Waals surface area contributed by atoms with Crippen LogP contribution in [0.2, 0.25) is 36.3 Å². The molecule has 6 heteroatoms. The lowest BCUT2D eigenvalue weighted by Gasteiger charge is -2.45. The first kappa shape index (κ1) is 23.6. The molecule has 0 fully saturated rings. The van der Waals surface area contributed by atoms with Crippen LogP contribution in [0.25, 0.3) is 0 Å². The Balaban J connectivity index is 3.17. The van der Waals surface area contributed by atoms with Crippen molar-refractivity contribution < 1.29 is 14.0 Å². The van der Waals surface area contributed by atoms with Crippen molar-refractivity contribution in [2.24, 2.45) is 0 Å². The molecular weight excluding hydrogens is 370 g/mol. The Morgan fingerprint density at radius 2 is 1.30 bits per heavy atom. The predicted molar refractivity (Wildman–Crippen MR) is 119 cm³/mol. The van der Waals surface area contributed by atoms with Gasteiger partial charge in [0.1, 0.15) is 0 Å². The zero-order valence-corrected chi connectivity index (χ0v) is 21.0. The van der Waals surface area contributed by atoms with Crippen molar-refractivity contribution in [3.63, 3.8) is 0 Å². The van der Waals surface area contributed by atoms with Crippen molar-refractivity contribution >= 4 is 34.1 Å². The zero-order chi connectivity index (χ0) is 21.4. The SMILES string of the molecule is CC(=O)N(c1ccc(C(=O)O[Si](C)(C)C(C)(C)C)cc1)[Si](C)(C)C(C)(C)C. The molecule has 0 heterocycles. The van der Waals surface area contributed by atoms with Crippen molar-refractivity contribution in [3.05, 3.63) is 29.8 Å². The zero-order valence-electron chi connectivity index (χ0n) is 19.0. The highest BCUT2D eigenvalue weighted by Crippen LogP contribution is 2.41. The molecule has 0 aliphatic carbocycles. The van der Waals surface area contributed by atoms with Gasteiger partial charge in [0.05, 0.1) is 5.56 Å². The Hall–Kier alpha value is -1.41. The second-order valence-corrected chi connectivity index (χ2v) is 20.2. The summed E-state index contributed by atoms with van der Waals surface area (Å²) in [6, 6.07) is 7.27. The molecule has 0 saturated carbocycles. The lowest BCUT2D eigenvalue weighted by molar-refractivity contribution is -0.115. The first-order valence-corrected chi connectivity index (χ1v) is 15.4. The minimum atomic E-state index is -2.17. The molecule has 0 bridgehead atoms. The molecule has 152 valence electrons. The summed E-state index contributed by atoms with van der Waals surface area (Å²) < 4.78 is 7.83. The lowest BCUT2D eigenvalue weighted by Crippen LogP contribution is -2.57. The molecule has 0 N–H and O–H groups in total. The summed E-state index contributed by atoms with van der Waals surface area (Å²) in [7, 11) is -4.24. The Bertz CT molecular complexity index is 696. The van der Waals surface area contributed by atoms with E-state index in [1.807, 2.05) is 16.7 Å². The van der Waals surface area contributed by atoms with E-state index in [-0.39, 0.29) is 22.0 Å². The van der Waals surface area contributed by atoms with E-state index in [1.165, 1.54) is 0 Å². The third-order valence-corrected chi connectivity index (χ3v) is 15.9. The molecule has 0 unspecified atom stereocenters. The van der Waals surface area contributed by atoms with E-state index in [2.05, 4.69) is 67.7 Å². The van der Waals surface area contributed by atoms with Gasteiger partial charge in [-0.2, -0.15) is 0 Å². The van der Waals surface area contributed by atoms with Crippen LogP contribution in [0, 0.1) is 0 Å². The predicted octanol–water partition coefficient (Wildman–Crippen LogP) is 6.21. The number of benzene rings is 1. The molecule has 27 heavy (non-hydrogen) atoms. The Kier molecular flexibility index (Phi) is 6.61. The maximum absolute atomic E-state index is 12.6. The quantitative estimate of drug-likeness (QED) is 0.558. The van der Waals surface area contributed by atoms with Gasteiger partial charge in [-0.3, -0.25) is 4.79 Å². The summed E-state index contributed by atoms with van der Waals surface area (Å²) in [6.45, 7) is 23.0. The summed E-state index contributed by atoms with van der Waals surface area (Å²) in [5, 5.41) is -0.00499. The van der Waals surface area contributed by atoms with E-state index >= 15 is 0 Å². The van der Waals surface area contributed by atoms with E-state index in [4.69, 9.17) is 4.43 Å². The monoisotopic (exact) mass is 407 g/mol. The smallest absolute Gasteiger partial charge is 0.324 e. The first-order chi connectivity index (χ1) is 11.9. The summed E-state index contributed by atoms with van der Waals surface area (Å²) in [4.78, 5) is 25.0. The van der Waals surface area contributed by atoms with Crippen LogP contribution in [0.1, 0.15) is 58.8 Å². The lowest BCUT2D eigenvalue weighted by atomic mass is 10.2. The van der Waals surface area contributed by atoms with Gasteiger partial charge in [0.15, 0.2) is 8.24 Å². The number of hydrogen-bond donors (Lipinski definition) is 0. The Labute approximate surface area is 167 Å². The summed E-state index contributed by atoms with van der Waals surface area (Å²) >= 11 is 0. The van der Waals surface area contributed by atoms with Crippen molar-refractivity contribution in [1.82, 2.24) is 0 Å². The summed E-state index contributed by atoms with van der Waals surface area (Å²) in [6.07, 6.45) is 0. The Morgan fingerprint density at radius 3 is 1.63 bits per heavy atom. The molecule has 0 radical (unpaired) electrons. The molecule has 0 aliphatic heterocycles. The van der Waals surface area contributed by atoms with Crippen LogP contribution in [-0.4, -0.2) is 28.4 Å². The maximum atomic E-state index is 12.6. The van der Waals surface area contributed by atoms with Gasteiger partial charge in [0, 0.05) is 12.6 Å². The first-order valence-electron chi connectivity index (χ1n) is 9.56. The van der Waals surface area contributed by atoms with Crippen molar-refractivity contribution in [2.45, 2.75) is 84.7 Å². The molecular formula is C21H37NO3Si2. The van der Waals surface area contributed by atoms with E-state index in [0.717, 1.165) is 5.69 Å². The van der Waals surface area contributed by atoms with Crippen LogP contribution < -0.4 is 4.57 Å². The average Bonchev–Trinajstić information content (AvgIpc) is 2.44. The van der Waals surface area contributed by atoms with E-state index in [9.17, 15) is 9.59 Å². The second-order valence-electron chi connectivity index (χ2n) is 10.4. The highest BCUT2D eigenvalue weighted by molar-refractivity contribution is 6.86. The molecule has 0 aromatic heterocycles. The van der Waals surface area contributed by atoms with E-state index < -0.39 is 16.6 Å². The third kappa shape index (κ3) is 5.10. The molecule has 1 aromatic carbocycles. The Morgan fingerprint density at radius 1 is 0.852 bits per heavy atom. The highest BCUT2D eigenvalue weighted by Gasteiger charge is 2.44. The average molecular weight is 408 g/mol. The second kappa shape index (κ2) is 7.55. The van der Waals surface area contributed by atoms with Crippen LogP contribution in [0.5, 0.6) is 0 Å². The number of nitrogens with zero attached hydrogens (tertiary/aromatic N) is 1. The summed E-state index contributed by atoms with van der Waals surface area (Å²) in [5.41, 5.74) is 1.38. The van der Waals surface area contributed by atoms with Gasteiger partial charge in [-0.15, -0.1) is 0 Å². The van der Waals surface area contributed by atoms with Gasteiger partial charge in [-0.05, 0) is 47.4 Å². The molecule has 0 atom stereocenters. The van der Waals surface area contributed by atoms with Gasteiger partial charge < -0.3 is 8.99 Å². The minimum absolute atomic E-state index is 0.0264. The molecule has 1 rings (SSSR count). The van der Waals surface area contributed by atoms with E-state index in [1.54, 1.807) is 19.1 Å². The molecule has 0 spiro atoms. The van der Waals surface area contributed by atoms with Gasteiger partial charge in [0.2, 0.25) is 5.91 Å². The van der Waals surface area contributed by atoms with E-state index in [0.29, 0.717) is 5.56 Å². The maximum Gasteiger partial charge on any atom is 0.324 e. The van der Waals surface area contributed by atoms with Crippen LogP contribution in [-0.2, 0) is 9.22 Å². The highest BCUT2D eigenvalue weighted by atomic mass is 28.4. The topological polar surface area (TPSA) is 46.6 Å². The van der Waals surface area contributed by atoms with Gasteiger partial charge in [0.25, 0.3) is 8.32 Å². The van der Waals surface area contributed by atoms with Gasteiger partial charge in [-0.25, -0.2) is 4.79 Å². The molecule has 0 aliphatic rings. The number of anilines is 1. The molecule has 0 saturated heterocycles. The number of amides is 1. The molecule has 1 amide bonds.